The number of alkyl halides is 2. The molecule has 0 radical (unpaired) electrons. The number of halogens is 2. The van der Waals surface area contributed by atoms with E-state index in [-0.39, 0.29) is 24.9 Å². The average Bonchev–Trinajstić information content (AvgIpc) is 3.21. The second kappa shape index (κ2) is 6.72. The zero-order valence-electron chi connectivity index (χ0n) is 16.2. The molecule has 28 heavy (non-hydrogen) atoms. The normalized spacial score (nSPS) is 16.8. The summed E-state index contributed by atoms with van der Waals surface area (Å²) in [6.07, 6.45) is 4.05. The maximum absolute atomic E-state index is 13.8. The number of anilines is 1. The second-order valence-electron chi connectivity index (χ2n) is 8.22. The van der Waals surface area contributed by atoms with E-state index in [1.807, 2.05) is 32.9 Å². The maximum Gasteiger partial charge on any atom is 0.266 e. The van der Waals surface area contributed by atoms with Crippen molar-refractivity contribution >= 4 is 17.0 Å². The van der Waals surface area contributed by atoms with E-state index in [2.05, 4.69) is 25.1 Å². The Balaban J connectivity index is 1.70. The quantitative estimate of drug-likeness (QED) is 0.685. The van der Waals surface area contributed by atoms with Crippen molar-refractivity contribution < 1.29 is 8.78 Å². The van der Waals surface area contributed by atoms with Gasteiger partial charge in [0.05, 0.1) is 13.1 Å². The molecule has 0 N–H and O–H groups in total. The lowest BCUT2D eigenvalue weighted by Gasteiger charge is -2.21. The van der Waals surface area contributed by atoms with Crippen LogP contribution in [0.4, 0.5) is 14.6 Å². The average molecular weight is 387 g/mol. The Morgan fingerprint density at radius 2 is 1.86 bits per heavy atom. The molecule has 0 saturated carbocycles. The highest BCUT2D eigenvalue weighted by atomic mass is 19.3. The van der Waals surface area contributed by atoms with Gasteiger partial charge in [0.2, 0.25) is 5.65 Å². The minimum absolute atomic E-state index is 0.181. The SMILES string of the molecule is CC(C)(C)c1nc(N2CCC(F)(F)C2)c2nn(CCc3ccncc3)nc2n1. The number of pyridine rings is 1. The summed E-state index contributed by atoms with van der Waals surface area (Å²) in [7, 11) is 0. The third-order valence-electron chi connectivity index (χ3n) is 4.76. The number of aromatic nitrogens is 6. The van der Waals surface area contributed by atoms with E-state index in [9.17, 15) is 8.78 Å². The monoisotopic (exact) mass is 387 g/mol. The molecule has 0 amide bonds. The van der Waals surface area contributed by atoms with E-state index in [4.69, 9.17) is 0 Å². The van der Waals surface area contributed by atoms with E-state index in [1.165, 1.54) is 0 Å². The summed E-state index contributed by atoms with van der Waals surface area (Å²) in [6, 6.07) is 3.89. The summed E-state index contributed by atoms with van der Waals surface area (Å²) in [6.45, 7) is 6.42. The summed E-state index contributed by atoms with van der Waals surface area (Å²) >= 11 is 0. The molecule has 9 heteroatoms. The van der Waals surface area contributed by atoms with Crippen LogP contribution in [0.5, 0.6) is 0 Å². The van der Waals surface area contributed by atoms with Crippen LogP contribution in [0.1, 0.15) is 38.6 Å². The molecule has 1 saturated heterocycles. The van der Waals surface area contributed by atoms with Crippen molar-refractivity contribution in [3.63, 3.8) is 0 Å². The van der Waals surface area contributed by atoms with Crippen molar-refractivity contribution in [2.24, 2.45) is 0 Å². The van der Waals surface area contributed by atoms with Crippen LogP contribution in [0.25, 0.3) is 11.2 Å². The Morgan fingerprint density at radius 3 is 2.50 bits per heavy atom. The Hall–Kier alpha value is -2.71. The van der Waals surface area contributed by atoms with Gasteiger partial charge < -0.3 is 4.90 Å². The van der Waals surface area contributed by atoms with Gasteiger partial charge in [-0.05, 0) is 24.1 Å². The second-order valence-corrected chi connectivity index (χ2v) is 8.22. The van der Waals surface area contributed by atoms with Crippen molar-refractivity contribution in [3.8, 4) is 0 Å². The van der Waals surface area contributed by atoms with Crippen molar-refractivity contribution in [1.82, 2.24) is 29.9 Å². The fourth-order valence-electron chi connectivity index (χ4n) is 3.19. The van der Waals surface area contributed by atoms with Crippen molar-refractivity contribution in [1.29, 1.82) is 0 Å². The van der Waals surface area contributed by atoms with E-state index in [0.717, 1.165) is 12.0 Å². The van der Waals surface area contributed by atoms with Gasteiger partial charge in [0.25, 0.3) is 5.92 Å². The first-order chi connectivity index (χ1) is 13.2. The molecule has 0 atom stereocenters. The molecule has 1 fully saturated rings. The molecule has 0 aromatic carbocycles. The van der Waals surface area contributed by atoms with Crippen LogP contribution in [-0.4, -0.2) is 49.0 Å². The fourth-order valence-corrected chi connectivity index (χ4v) is 3.19. The molecule has 0 aliphatic carbocycles. The van der Waals surface area contributed by atoms with E-state index >= 15 is 0 Å². The summed E-state index contributed by atoms with van der Waals surface area (Å²) in [4.78, 5) is 16.4. The number of nitrogens with zero attached hydrogens (tertiary/aromatic N) is 7. The minimum Gasteiger partial charge on any atom is -0.348 e. The van der Waals surface area contributed by atoms with Gasteiger partial charge in [-0.2, -0.15) is 4.80 Å². The largest absolute Gasteiger partial charge is 0.348 e. The van der Waals surface area contributed by atoms with Crippen LogP contribution in [0.2, 0.25) is 0 Å². The fraction of sp³-hybridized carbons (Fsp3) is 0.526. The first-order valence-electron chi connectivity index (χ1n) is 9.36. The van der Waals surface area contributed by atoms with E-state index < -0.39 is 5.92 Å². The van der Waals surface area contributed by atoms with E-state index in [0.29, 0.717) is 29.4 Å². The molecule has 4 heterocycles. The molecule has 4 rings (SSSR count). The van der Waals surface area contributed by atoms with Crippen LogP contribution >= 0.6 is 0 Å². The van der Waals surface area contributed by atoms with Gasteiger partial charge in [-0.15, -0.1) is 10.2 Å². The Labute approximate surface area is 161 Å². The zero-order chi connectivity index (χ0) is 19.9. The first kappa shape index (κ1) is 18.6. The number of fused-ring (bicyclic) bond motifs is 1. The standard InChI is InChI=1S/C19H23F2N7/c1-18(2,3)17-23-15-14(16(24-17)27-11-7-19(20,21)12-27)25-28(26-15)10-6-13-4-8-22-9-5-13/h4-5,8-9H,6-7,10-12H2,1-3H3. The number of hydrogen-bond donors (Lipinski definition) is 0. The molecule has 1 aliphatic heterocycles. The Morgan fingerprint density at radius 1 is 1.11 bits per heavy atom. The van der Waals surface area contributed by atoms with Gasteiger partial charge in [0.1, 0.15) is 5.82 Å². The van der Waals surface area contributed by atoms with Crippen LogP contribution in [0, 0.1) is 0 Å². The zero-order valence-corrected chi connectivity index (χ0v) is 16.2. The summed E-state index contributed by atoms with van der Waals surface area (Å²) < 4.78 is 27.6. The highest BCUT2D eigenvalue weighted by molar-refractivity contribution is 5.82. The number of hydrogen-bond acceptors (Lipinski definition) is 6. The van der Waals surface area contributed by atoms with Crippen LogP contribution in [0.3, 0.4) is 0 Å². The van der Waals surface area contributed by atoms with Crippen LogP contribution in [0.15, 0.2) is 24.5 Å². The van der Waals surface area contributed by atoms with Gasteiger partial charge in [0.15, 0.2) is 11.3 Å². The third-order valence-corrected chi connectivity index (χ3v) is 4.76. The third kappa shape index (κ3) is 3.79. The molecule has 0 bridgehead atoms. The molecular formula is C19H23F2N7. The molecule has 0 unspecified atom stereocenters. The summed E-state index contributed by atoms with van der Waals surface area (Å²) in [5.41, 5.74) is 1.71. The molecule has 3 aromatic heterocycles. The molecule has 3 aromatic rings. The predicted octanol–water partition coefficient (Wildman–Crippen LogP) is 3.00. The molecule has 148 valence electrons. The molecule has 7 nitrogen and oxygen atoms in total. The minimum atomic E-state index is -2.71. The smallest absolute Gasteiger partial charge is 0.266 e. The van der Waals surface area contributed by atoms with Crippen LogP contribution < -0.4 is 4.90 Å². The lowest BCUT2D eigenvalue weighted by atomic mass is 9.96. The first-order valence-corrected chi connectivity index (χ1v) is 9.36. The van der Waals surface area contributed by atoms with Gasteiger partial charge in [-0.3, -0.25) is 4.98 Å². The molecule has 1 aliphatic rings. The van der Waals surface area contributed by atoms with Crippen molar-refractivity contribution in [2.75, 3.05) is 18.0 Å². The lowest BCUT2D eigenvalue weighted by molar-refractivity contribution is 0.0257. The molecular weight excluding hydrogens is 364 g/mol. The molecule has 0 spiro atoms. The van der Waals surface area contributed by atoms with Gasteiger partial charge >= 0.3 is 0 Å². The maximum atomic E-state index is 13.8. The van der Waals surface area contributed by atoms with Crippen molar-refractivity contribution in [3.05, 3.63) is 35.9 Å². The summed E-state index contributed by atoms with van der Waals surface area (Å²) in [5.74, 6) is -1.69. The highest BCUT2D eigenvalue weighted by Crippen LogP contribution is 2.33. The van der Waals surface area contributed by atoms with Gasteiger partial charge in [-0.1, -0.05) is 20.8 Å². The van der Waals surface area contributed by atoms with Gasteiger partial charge in [0, 0.05) is 30.8 Å². The Bertz CT molecular complexity index is 979. The predicted molar refractivity (Wildman–Crippen MR) is 102 cm³/mol. The highest BCUT2D eigenvalue weighted by Gasteiger charge is 2.40. The van der Waals surface area contributed by atoms with E-state index in [1.54, 1.807) is 22.1 Å². The Kier molecular flexibility index (Phi) is 4.47. The number of aryl methyl sites for hydroxylation is 2. The lowest BCUT2D eigenvalue weighted by Crippen LogP contribution is -2.27. The summed E-state index contributed by atoms with van der Waals surface area (Å²) in [5, 5.41) is 9.02. The van der Waals surface area contributed by atoms with Crippen molar-refractivity contribution in [2.45, 2.75) is 51.5 Å². The topological polar surface area (TPSA) is 72.6 Å². The van der Waals surface area contributed by atoms with Gasteiger partial charge in [-0.25, -0.2) is 18.7 Å². The number of rotatable bonds is 4. The van der Waals surface area contributed by atoms with Crippen LogP contribution in [-0.2, 0) is 18.4 Å².